The molecule has 0 aliphatic carbocycles. The number of rotatable bonds is 8. The minimum atomic E-state index is -0.780. The second-order valence-electron chi connectivity index (χ2n) is 8.77. The van der Waals surface area contributed by atoms with Gasteiger partial charge in [-0.2, -0.15) is 5.10 Å². The van der Waals surface area contributed by atoms with Crippen LogP contribution in [-0.2, 0) is 11.3 Å². The third-order valence-corrected chi connectivity index (χ3v) is 6.40. The normalized spacial score (nSPS) is 12.2. The molecule has 0 fully saturated rings. The van der Waals surface area contributed by atoms with Gasteiger partial charge in [0.1, 0.15) is 6.04 Å². The highest BCUT2D eigenvalue weighted by Crippen LogP contribution is 2.22. The maximum absolute atomic E-state index is 12.9. The summed E-state index contributed by atoms with van der Waals surface area (Å²) in [6.45, 7) is 4.37. The van der Waals surface area contributed by atoms with Crippen LogP contribution in [0.1, 0.15) is 35.3 Å². The van der Waals surface area contributed by atoms with Gasteiger partial charge in [0.05, 0.1) is 16.8 Å². The van der Waals surface area contributed by atoms with Crippen LogP contribution in [0.25, 0.3) is 10.9 Å². The van der Waals surface area contributed by atoms with E-state index in [4.69, 9.17) is 23.2 Å². The zero-order valence-corrected chi connectivity index (χ0v) is 21.4. The number of amides is 2. The van der Waals surface area contributed by atoms with Crippen LogP contribution in [0, 0.1) is 5.92 Å². The summed E-state index contributed by atoms with van der Waals surface area (Å²) in [5, 5.41) is 8.99. The van der Waals surface area contributed by atoms with Crippen molar-refractivity contribution in [2.24, 2.45) is 11.0 Å². The number of carbonyl (C=O) groups is 2. The van der Waals surface area contributed by atoms with E-state index in [9.17, 15) is 9.59 Å². The number of carbonyl (C=O) groups excluding carboxylic acids is 2. The lowest BCUT2D eigenvalue weighted by Gasteiger charge is -2.20. The number of nitrogens with one attached hydrogen (secondary N) is 2. The monoisotopic (exact) mass is 520 g/mol. The van der Waals surface area contributed by atoms with Crippen LogP contribution in [0.15, 0.2) is 84.1 Å². The molecule has 0 bridgehead atoms. The molecule has 1 aromatic heterocycles. The molecular weight excluding hydrogens is 495 g/mol. The molecule has 6 nitrogen and oxygen atoms in total. The van der Waals surface area contributed by atoms with E-state index in [-0.39, 0.29) is 5.92 Å². The minimum Gasteiger partial charge on any atom is -0.342 e. The second-order valence-corrected chi connectivity index (χ2v) is 9.61. The van der Waals surface area contributed by atoms with Gasteiger partial charge in [-0.1, -0.05) is 79.5 Å². The summed E-state index contributed by atoms with van der Waals surface area (Å²) in [7, 11) is 0. The summed E-state index contributed by atoms with van der Waals surface area (Å²) in [6.07, 6.45) is 3.61. The van der Waals surface area contributed by atoms with E-state index in [0.717, 1.165) is 22.0 Å². The standard InChI is InChI=1S/C28H26Cl2N4O2/c1-18(2)26(32-27(35)23-8-3-5-9-24(23)30)28(36)33-31-15-20-17-34(25-10-6-4-7-22(20)25)16-19-11-13-21(29)14-12-19/h3-15,17-18,26H,16H2,1-2H3,(H,32,35)(H,33,36). The number of halogens is 2. The Labute approximate surface area is 219 Å². The zero-order valence-electron chi connectivity index (χ0n) is 19.9. The molecule has 2 N–H and O–H groups in total. The SMILES string of the molecule is CC(C)C(NC(=O)c1ccccc1Cl)C(=O)NN=Cc1cn(Cc2ccc(Cl)cc2)c2ccccc12. The first-order valence-corrected chi connectivity index (χ1v) is 12.3. The van der Waals surface area contributed by atoms with E-state index in [1.165, 1.54) is 0 Å². The molecule has 0 spiro atoms. The van der Waals surface area contributed by atoms with E-state index in [1.807, 2.05) is 68.6 Å². The van der Waals surface area contributed by atoms with Gasteiger partial charge in [0.15, 0.2) is 0 Å². The van der Waals surface area contributed by atoms with Gasteiger partial charge < -0.3 is 9.88 Å². The highest BCUT2D eigenvalue weighted by molar-refractivity contribution is 6.33. The molecule has 0 radical (unpaired) electrons. The number of aromatic nitrogens is 1. The van der Waals surface area contributed by atoms with Crippen molar-refractivity contribution < 1.29 is 9.59 Å². The highest BCUT2D eigenvalue weighted by Gasteiger charge is 2.25. The Bertz CT molecular complexity index is 1410. The molecule has 1 atom stereocenters. The average Bonchev–Trinajstić information content (AvgIpc) is 3.21. The number of hydrogen-bond donors (Lipinski definition) is 2. The molecular formula is C28H26Cl2N4O2. The van der Waals surface area contributed by atoms with Gasteiger partial charge in [-0.05, 0) is 41.8 Å². The molecule has 1 unspecified atom stereocenters. The van der Waals surface area contributed by atoms with Gasteiger partial charge in [-0.3, -0.25) is 9.59 Å². The molecule has 184 valence electrons. The molecule has 0 saturated heterocycles. The fraction of sp³-hybridized carbons (Fsp3) is 0.179. The average molecular weight is 521 g/mol. The summed E-state index contributed by atoms with van der Waals surface area (Å²) in [5.41, 5.74) is 5.91. The Kier molecular flexibility index (Phi) is 8.08. The van der Waals surface area contributed by atoms with Crippen LogP contribution in [0.2, 0.25) is 10.0 Å². The van der Waals surface area contributed by atoms with E-state index in [2.05, 4.69) is 20.4 Å². The van der Waals surface area contributed by atoms with Gasteiger partial charge in [-0.15, -0.1) is 0 Å². The number of fused-ring (bicyclic) bond motifs is 1. The van der Waals surface area contributed by atoms with Crippen molar-refractivity contribution >= 4 is 52.1 Å². The van der Waals surface area contributed by atoms with Gasteiger partial charge in [-0.25, -0.2) is 5.43 Å². The first-order valence-electron chi connectivity index (χ1n) is 11.5. The van der Waals surface area contributed by atoms with Gasteiger partial charge in [0, 0.05) is 34.2 Å². The third-order valence-electron chi connectivity index (χ3n) is 5.82. The second kappa shape index (κ2) is 11.4. The molecule has 8 heteroatoms. The fourth-order valence-corrected chi connectivity index (χ4v) is 4.28. The number of hydrazone groups is 1. The Morgan fingerprint density at radius 3 is 2.39 bits per heavy atom. The van der Waals surface area contributed by atoms with Crippen molar-refractivity contribution in [2.75, 3.05) is 0 Å². The van der Waals surface area contributed by atoms with Crippen molar-refractivity contribution in [3.8, 4) is 0 Å². The van der Waals surface area contributed by atoms with Crippen molar-refractivity contribution in [3.05, 3.63) is 106 Å². The van der Waals surface area contributed by atoms with Crippen molar-refractivity contribution in [1.82, 2.24) is 15.3 Å². The molecule has 1 heterocycles. The van der Waals surface area contributed by atoms with E-state index >= 15 is 0 Å². The smallest absolute Gasteiger partial charge is 0.262 e. The lowest BCUT2D eigenvalue weighted by molar-refractivity contribution is -0.123. The summed E-state index contributed by atoms with van der Waals surface area (Å²) < 4.78 is 2.13. The molecule has 0 saturated carbocycles. The molecule has 3 aromatic carbocycles. The maximum atomic E-state index is 12.9. The first kappa shape index (κ1) is 25.5. The van der Waals surface area contributed by atoms with Crippen LogP contribution in [0.3, 0.4) is 0 Å². The van der Waals surface area contributed by atoms with E-state index in [1.54, 1.807) is 30.5 Å². The van der Waals surface area contributed by atoms with Gasteiger partial charge >= 0.3 is 0 Å². The molecule has 4 aromatic rings. The highest BCUT2D eigenvalue weighted by atomic mass is 35.5. The molecule has 36 heavy (non-hydrogen) atoms. The van der Waals surface area contributed by atoms with Crippen LogP contribution < -0.4 is 10.7 Å². The maximum Gasteiger partial charge on any atom is 0.262 e. The topological polar surface area (TPSA) is 75.5 Å². The molecule has 0 aliphatic rings. The number of benzene rings is 3. The van der Waals surface area contributed by atoms with Crippen LogP contribution >= 0.6 is 23.2 Å². The van der Waals surface area contributed by atoms with Crippen molar-refractivity contribution in [1.29, 1.82) is 0 Å². The number of nitrogens with zero attached hydrogens (tertiary/aromatic N) is 2. The van der Waals surface area contributed by atoms with Crippen molar-refractivity contribution in [3.63, 3.8) is 0 Å². The number of hydrogen-bond acceptors (Lipinski definition) is 3. The van der Waals surface area contributed by atoms with E-state index in [0.29, 0.717) is 22.2 Å². The lowest BCUT2D eigenvalue weighted by Crippen LogP contribution is -2.48. The fourth-order valence-electron chi connectivity index (χ4n) is 3.93. The molecule has 2 amide bonds. The predicted octanol–water partition coefficient (Wildman–Crippen LogP) is 5.90. The predicted molar refractivity (Wildman–Crippen MR) is 146 cm³/mol. The third kappa shape index (κ3) is 5.96. The summed E-state index contributed by atoms with van der Waals surface area (Å²) in [4.78, 5) is 25.5. The Morgan fingerprint density at radius 1 is 0.972 bits per heavy atom. The zero-order chi connectivity index (χ0) is 25.7. The summed E-state index contributed by atoms with van der Waals surface area (Å²) in [5.74, 6) is -0.983. The van der Waals surface area contributed by atoms with Crippen molar-refractivity contribution in [2.45, 2.75) is 26.4 Å². The minimum absolute atomic E-state index is 0.159. The first-order chi connectivity index (χ1) is 17.3. The van der Waals surface area contributed by atoms with Crippen LogP contribution in [0.5, 0.6) is 0 Å². The number of para-hydroxylation sites is 1. The van der Waals surface area contributed by atoms with Gasteiger partial charge in [0.25, 0.3) is 11.8 Å². The Hall–Kier alpha value is -3.61. The molecule has 0 aliphatic heterocycles. The quantitative estimate of drug-likeness (QED) is 0.224. The lowest BCUT2D eigenvalue weighted by atomic mass is 10.0. The Balaban J connectivity index is 1.49. The van der Waals surface area contributed by atoms with Crippen LogP contribution in [-0.4, -0.2) is 28.6 Å². The summed E-state index contributed by atoms with van der Waals surface area (Å²) >= 11 is 12.1. The largest absolute Gasteiger partial charge is 0.342 e. The van der Waals surface area contributed by atoms with Gasteiger partial charge in [0.2, 0.25) is 0 Å². The van der Waals surface area contributed by atoms with E-state index < -0.39 is 17.9 Å². The summed E-state index contributed by atoms with van der Waals surface area (Å²) in [6, 6.07) is 21.7. The molecule has 4 rings (SSSR count). The Morgan fingerprint density at radius 2 is 1.67 bits per heavy atom. The van der Waals surface area contributed by atoms with Crippen LogP contribution in [0.4, 0.5) is 0 Å².